The number of hydrogen-bond donors (Lipinski definition) is 2. The van der Waals surface area contributed by atoms with Crippen LogP contribution >= 0.6 is 0 Å². The number of nitrogens with one attached hydrogen (secondary N) is 2. The third-order valence-corrected chi connectivity index (χ3v) is 2.42. The van der Waals surface area contributed by atoms with Crippen LogP contribution in [0.2, 0.25) is 0 Å². The topological polar surface area (TPSA) is 80.6 Å². The second-order valence-corrected chi connectivity index (χ2v) is 4.18. The van der Waals surface area contributed by atoms with Gasteiger partial charge in [-0.1, -0.05) is 0 Å². The number of carbonyl (C=O) groups excluding carboxylic acids is 2. The van der Waals surface area contributed by atoms with E-state index in [4.69, 9.17) is 4.42 Å². The Labute approximate surface area is 122 Å². The molecule has 6 nitrogen and oxygen atoms in total. The van der Waals surface area contributed by atoms with Crippen LogP contribution in [0, 0.1) is 0 Å². The molecule has 0 fully saturated rings. The second kappa shape index (κ2) is 7.78. The van der Waals surface area contributed by atoms with Crippen molar-refractivity contribution >= 4 is 11.8 Å². The minimum absolute atomic E-state index is 0.0413. The van der Waals surface area contributed by atoms with Crippen LogP contribution in [-0.2, 0) is 16.1 Å². The zero-order valence-corrected chi connectivity index (χ0v) is 11.5. The van der Waals surface area contributed by atoms with Gasteiger partial charge in [0.1, 0.15) is 19.0 Å². The lowest BCUT2D eigenvalue weighted by molar-refractivity contribution is -0.168. The maximum Gasteiger partial charge on any atom is 0.330 e. The molecule has 1 rings (SSSR count). The van der Waals surface area contributed by atoms with E-state index >= 15 is 0 Å². The summed E-state index contributed by atoms with van der Waals surface area (Å²) in [5, 5.41) is 4.60. The van der Waals surface area contributed by atoms with Gasteiger partial charge in [-0.3, -0.25) is 9.59 Å². The fourth-order valence-corrected chi connectivity index (χ4v) is 1.30. The van der Waals surface area contributed by atoms with Crippen molar-refractivity contribution in [3.63, 3.8) is 0 Å². The lowest BCUT2D eigenvalue weighted by Gasteiger charge is -2.14. The van der Waals surface area contributed by atoms with Crippen LogP contribution in [0.25, 0.3) is 0 Å². The lowest BCUT2D eigenvalue weighted by Crippen LogP contribution is -2.35. The summed E-state index contributed by atoms with van der Waals surface area (Å²) in [6.45, 7) is -2.46. The molecule has 1 aromatic rings. The number of halogens is 4. The number of furan rings is 1. The third kappa shape index (κ3) is 5.35. The first kappa shape index (κ1) is 18.0. The highest BCUT2D eigenvalue weighted by Gasteiger charge is 2.41. The van der Waals surface area contributed by atoms with E-state index in [1.54, 1.807) is 0 Å². The van der Waals surface area contributed by atoms with E-state index < -0.39 is 37.4 Å². The largest absolute Gasteiger partial charge is 0.454 e. The van der Waals surface area contributed by atoms with Gasteiger partial charge in [0, 0.05) is 7.05 Å². The average Bonchev–Trinajstić information content (AvgIpc) is 2.92. The molecule has 1 heterocycles. The van der Waals surface area contributed by atoms with Crippen LogP contribution < -0.4 is 10.6 Å². The first-order chi connectivity index (χ1) is 10.3. The van der Waals surface area contributed by atoms with E-state index in [1.807, 2.05) is 0 Å². The smallest absolute Gasteiger partial charge is 0.330 e. The van der Waals surface area contributed by atoms with Gasteiger partial charge < -0.3 is 19.8 Å². The highest BCUT2D eigenvalue weighted by atomic mass is 19.3. The van der Waals surface area contributed by atoms with Gasteiger partial charge in [-0.25, -0.2) is 8.78 Å². The summed E-state index contributed by atoms with van der Waals surface area (Å²) in [5.74, 6) is -5.24. The summed E-state index contributed by atoms with van der Waals surface area (Å²) >= 11 is 0. The molecule has 0 bridgehead atoms. The van der Waals surface area contributed by atoms with Crippen molar-refractivity contribution < 1.29 is 36.3 Å². The number of hydrogen-bond acceptors (Lipinski definition) is 4. The molecule has 0 spiro atoms. The highest BCUT2D eigenvalue weighted by Crippen LogP contribution is 2.22. The van der Waals surface area contributed by atoms with Crippen molar-refractivity contribution in [3.8, 4) is 0 Å². The zero-order chi connectivity index (χ0) is 16.8. The number of alkyl halides is 4. The van der Waals surface area contributed by atoms with Crippen LogP contribution in [0.5, 0.6) is 0 Å². The van der Waals surface area contributed by atoms with Crippen LogP contribution in [0.3, 0.4) is 0 Å². The molecule has 124 valence electrons. The minimum atomic E-state index is -4.30. The Balaban J connectivity index is 2.32. The van der Waals surface area contributed by atoms with Crippen LogP contribution in [0.1, 0.15) is 16.3 Å². The Morgan fingerprint density at radius 3 is 2.64 bits per heavy atom. The molecule has 0 saturated carbocycles. The van der Waals surface area contributed by atoms with Crippen LogP contribution in [0.15, 0.2) is 16.5 Å². The van der Waals surface area contributed by atoms with Crippen molar-refractivity contribution in [2.24, 2.45) is 0 Å². The zero-order valence-electron chi connectivity index (χ0n) is 11.5. The fourth-order valence-electron chi connectivity index (χ4n) is 1.30. The van der Waals surface area contributed by atoms with E-state index in [1.165, 1.54) is 19.2 Å². The summed E-state index contributed by atoms with van der Waals surface area (Å²) in [6, 6.07) is 2.83. The van der Waals surface area contributed by atoms with Gasteiger partial charge in [0.15, 0.2) is 5.76 Å². The molecule has 0 aliphatic rings. The first-order valence-electron chi connectivity index (χ1n) is 6.07. The molecule has 22 heavy (non-hydrogen) atoms. The maximum absolute atomic E-state index is 12.5. The van der Waals surface area contributed by atoms with Gasteiger partial charge >= 0.3 is 12.3 Å². The summed E-state index contributed by atoms with van der Waals surface area (Å²) in [5.41, 5.74) is 0. The number of carbonyl (C=O) groups is 2. The van der Waals surface area contributed by atoms with E-state index in [9.17, 15) is 27.2 Å². The Bertz CT molecular complexity index is 519. The van der Waals surface area contributed by atoms with Gasteiger partial charge in [-0.2, -0.15) is 8.78 Å². The van der Waals surface area contributed by atoms with Crippen molar-refractivity contribution in [1.29, 1.82) is 0 Å². The van der Waals surface area contributed by atoms with Gasteiger partial charge in [0.25, 0.3) is 5.91 Å². The summed E-state index contributed by atoms with van der Waals surface area (Å²) in [7, 11) is 1.42. The molecular formula is C12H14F4N2O4. The van der Waals surface area contributed by atoms with E-state index in [0.717, 1.165) is 0 Å². The van der Waals surface area contributed by atoms with E-state index in [-0.39, 0.29) is 18.1 Å². The van der Waals surface area contributed by atoms with Crippen LogP contribution in [-0.4, -0.2) is 44.4 Å². The Morgan fingerprint density at radius 2 is 2.05 bits per heavy atom. The number of amides is 2. The van der Waals surface area contributed by atoms with E-state index in [0.29, 0.717) is 0 Å². The molecular weight excluding hydrogens is 312 g/mol. The van der Waals surface area contributed by atoms with Gasteiger partial charge in [0.05, 0.1) is 6.54 Å². The SMILES string of the molecule is CNC(=O)c1ccc(CNC(=O)COCC(F)(F)C(F)F)o1. The summed E-state index contributed by atoms with van der Waals surface area (Å²) < 4.78 is 58.0. The van der Waals surface area contributed by atoms with Crippen molar-refractivity contribution in [1.82, 2.24) is 10.6 Å². The monoisotopic (exact) mass is 326 g/mol. The summed E-state index contributed by atoms with van der Waals surface area (Å²) in [6.07, 6.45) is -3.86. The highest BCUT2D eigenvalue weighted by molar-refractivity contribution is 5.91. The predicted octanol–water partition coefficient (Wildman–Crippen LogP) is 1.17. The quantitative estimate of drug-likeness (QED) is 0.703. The molecule has 10 heteroatoms. The Kier molecular flexibility index (Phi) is 6.35. The molecule has 0 unspecified atom stereocenters. The molecule has 0 aromatic carbocycles. The minimum Gasteiger partial charge on any atom is -0.454 e. The van der Waals surface area contributed by atoms with E-state index in [2.05, 4.69) is 15.4 Å². The Morgan fingerprint density at radius 1 is 1.36 bits per heavy atom. The Hall–Kier alpha value is -2.10. The van der Waals surface area contributed by atoms with Crippen molar-refractivity contribution in [2.45, 2.75) is 18.9 Å². The number of rotatable bonds is 8. The fraction of sp³-hybridized carbons (Fsp3) is 0.500. The standard InChI is InChI=1S/C12H14F4N2O4/c1-17-10(20)8-3-2-7(22-8)4-18-9(19)5-21-6-12(15,16)11(13)14/h2-3,11H,4-6H2,1H3,(H,17,20)(H,18,19). The summed E-state index contributed by atoms with van der Waals surface area (Å²) in [4.78, 5) is 22.5. The molecule has 0 radical (unpaired) electrons. The normalized spacial score (nSPS) is 11.5. The lowest BCUT2D eigenvalue weighted by atomic mass is 10.4. The molecule has 0 aliphatic heterocycles. The third-order valence-electron chi connectivity index (χ3n) is 2.42. The molecule has 0 saturated heterocycles. The van der Waals surface area contributed by atoms with Gasteiger partial charge in [-0.15, -0.1) is 0 Å². The second-order valence-electron chi connectivity index (χ2n) is 4.18. The molecule has 1 aromatic heterocycles. The number of ether oxygens (including phenoxy) is 1. The maximum atomic E-state index is 12.5. The average molecular weight is 326 g/mol. The predicted molar refractivity (Wildman–Crippen MR) is 65.7 cm³/mol. The van der Waals surface area contributed by atoms with Crippen molar-refractivity contribution in [2.75, 3.05) is 20.3 Å². The van der Waals surface area contributed by atoms with Crippen molar-refractivity contribution in [3.05, 3.63) is 23.7 Å². The molecule has 2 N–H and O–H groups in total. The van der Waals surface area contributed by atoms with Crippen LogP contribution in [0.4, 0.5) is 17.6 Å². The molecule has 2 amide bonds. The molecule has 0 atom stereocenters. The molecule has 0 aliphatic carbocycles. The first-order valence-corrected chi connectivity index (χ1v) is 6.07. The van der Waals surface area contributed by atoms with Gasteiger partial charge in [-0.05, 0) is 12.1 Å². The van der Waals surface area contributed by atoms with Gasteiger partial charge in [0.2, 0.25) is 5.91 Å².